The molecule has 4 rings (SSSR count). The third-order valence-corrected chi connectivity index (χ3v) is 5.44. The molecular weight excluding hydrogens is 400 g/mol. The van der Waals surface area contributed by atoms with Crippen LogP contribution in [0.1, 0.15) is 16.7 Å². The van der Waals surface area contributed by atoms with Crippen LogP contribution in [0.25, 0.3) is 0 Å². The second-order valence-corrected chi connectivity index (χ2v) is 7.78. The molecule has 4 heteroatoms. The largest absolute Gasteiger partial charge is 0.374 e. The molecule has 0 spiro atoms. The van der Waals surface area contributed by atoms with E-state index >= 15 is 0 Å². The van der Waals surface area contributed by atoms with Gasteiger partial charge in [0.1, 0.15) is 24.4 Å². The molecule has 1 aliphatic heterocycles. The Bertz CT molecular complexity index is 969. The van der Waals surface area contributed by atoms with Crippen LogP contribution >= 0.6 is 0 Å². The van der Waals surface area contributed by atoms with Gasteiger partial charge >= 0.3 is 0 Å². The molecule has 0 amide bonds. The third kappa shape index (κ3) is 6.06. The van der Waals surface area contributed by atoms with Crippen molar-refractivity contribution < 1.29 is 18.9 Å². The molecular formula is C28H28O4. The Morgan fingerprint density at radius 3 is 1.62 bits per heavy atom. The monoisotopic (exact) mass is 428 g/mol. The summed E-state index contributed by atoms with van der Waals surface area (Å²) in [4.78, 5) is 0. The highest BCUT2D eigenvalue weighted by Gasteiger charge is 2.45. The maximum absolute atomic E-state index is 6.31. The van der Waals surface area contributed by atoms with E-state index in [9.17, 15) is 0 Å². The fourth-order valence-corrected chi connectivity index (χ4v) is 3.78. The fraction of sp³-hybridized carbons (Fsp3) is 0.286. The molecule has 0 bridgehead atoms. The predicted octanol–water partition coefficient (Wildman–Crippen LogP) is 4.77. The summed E-state index contributed by atoms with van der Waals surface area (Å²) in [5.41, 5.74) is 3.27. The zero-order valence-electron chi connectivity index (χ0n) is 18.0. The van der Waals surface area contributed by atoms with Gasteiger partial charge in [0, 0.05) is 0 Å². The Morgan fingerprint density at radius 2 is 1.12 bits per heavy atom. The molecule has 164 valence electrons. The van der Waals surface area contributed by atoms with E-state index in [4.69, 9.17) is 25.4 Å². The summed E-state index contributed by atoms with van der Waals surface area (Å²) in [5, 5.41) is 0. The molecule has 1 unspecified atom stereocenters. The van der Waals surface area contributed by atoms with E-state index < -0.39 is 6.10 Å². The first-order chi connectivity index (χ1) is 15.8. The van der Waals surface area contributed by atoms with Gasteiger partial charge in [-0.2, -0.15) is 0 Å². The first-order valence-electron chi connectivity index (χ1n) is 10.9. The molecule has 0 aliphatic carbocycles. The van der Waals surface area contributed by atoms with E-state index in [0.717, 1.165) is 16.7 Å². The first-order valence-corrected chi connectivity index (χ1v) is 10.9. The molecule has 4 nitrogen and oxygen atoms in total. The quantitative estimate of drug-likeness (QED) is 0.436. The van der Waals surface area contributed by atoms with Crippen LogP contribution in [-0.2, 0) is 38.8 Å². The Hall–Kier alpha value is -2.94. The van der Waals surface area contributed by atoms with Crippen LogP contribution in [0.4, 0.5) is 0 Å². The van der Waals surface area contributed by atoms with Crippen molar-refractivity contribution in [3.05, 3.63) is 108 Å². The minimum absolute atomic E-state index is 0.316. The van der Waals surface area contributed by atoms with E-state index in [0.29, 0.717) is 26.4 Å². The standard InChI is InChI=1S/C28H28O4/c1-2-25-27(30-19-23-14-8-4-9-15-23)28(31-20-24-16-10-5-11-17-24)26(32-25)21-29-18-22-12-6-3-7-13-22/h1,3-17,25-28H,18-21H2/t25?,26-,27+,28-/m1/s1. The van der Waals surface area contributed by atoms with Crippen LogP contribution in [0.3, 0.4) is 0 Å². The molecule has 3 aromatic carbocycles. The molecule has 32 heavy (non-hydrogen) atoms. The van der Waals surface area contributed by atoms with Crippen LogP contribution in [0.15, 0.2) is 91.0 Å². The normalized spacial score (nSPS) is 22.5. The van der Waals surface area contributed by atoms with Crippen LogP contribution in [-0.4, -0.2) is 31.0 Å². The van der Waals surface area contributed by atoms with Gasteiger partial charge in [-0.15, -0.1) is 6.42 Å². The minimum Gasteiger partial charge on any atom is -0.374 e. The number of ether oxygens (including phenoxy) is 4. The van der Waals surface area contributed by atoms with Crippen LogP contribution < -0.4 is 0 Å². The minimum atomic E-state index is -0.496. The molecule has 1 heterocycles. The summed E-state index contributed by atoms with van der Waals surface area (Å²) >= 11 is 0. The summed E-state index contributed by atoms with van der Waals surface area (Å²) in [6.45, 7) is 1.77. The number of benzene rings is 3. The highest BCUT2D eigenvalue weighted by atomic mass is 16.6. The second-order valence-electron chi connectivity index (χ2n) is 7.78. The van der Waals surface area contributed by atoms with E-state index in [1.807, 2.05) is 91.0 Å². The molecule has 1 aliphatic rings. The maximum atomic E-state index is 6.31. The lowest BCUT2D eigenvalue weighted by Crippen LogP contribution is -2.38. The van der Waals surface area contributed by atoms with Gasteiger partial charge in [0.25, 0.3) is 0 Å². The van der Waals surface area contributed by atoms with Crippen molar-refractivity contribution in [1.29, 1.82) is 0 Å². The van der Waals surface area contributed by atoms with Crippen molar-refractivity contribution in [2.75, 3.05) is 6.61 Å². The topological polar surface area (TPSA) is 36.9 Å². The third-order valence-electron chi connectivity index (χ3n) is 5.44. The van der Waals surface area contributed by atoms with E-state index in [1.54, 1.807) is 0 Å². The molecule has 0 saturated carbocycles. The summed E-state index contributed by atoms with van der Waals surface area (Å²) in [6, 6.07) is 30.1. The highest BCUT2D eigenvalue weighted by molar-refractivity contribution is 5.16. The van der Waals surface area contributed by atoms with Crippen molar-refractivity contribution in [1.82, 2.24) is 0 Å². The van der Waals surface area contributed by atoms with E-state index in [-0.39, 0.29) is 18.3 Å². The lowest BCUT2D eigenvalue weighted by Gasteiger charge is -2.24. The van der Waals surface area contributed by atoms with Gasteiger partial charge in [-0.3, -0.25) is 0 Å². The van der Waals surface area contributed by atoms with Gasteiger partial charge in [-0.1, -0.05) is 96.9 Å². The molecule has 0 radical (unpaired) electrons. The van der Waals surface area contributed by atoms with Crippen molar-refractivity contribution in [2.24, 2.45) is 0 Å². The molecule has 4 atom stereocenters. The van der Waals surface area contributed by atoms with E-state index in [1.165, 1.54) is 0 Å². The lowest BCUT2D eigenvalue weighted by atomic mass is 10.1. The van der Waals surface area contributed by atoms with Crippen molar-refractivity contribution >= 4 is 0 Å². The highest BCUT2D eigenvalue weighted by Crippen LogP contribution is 2.29. The summed E-state index contributed by atoms with van der Waals surface area (Å²) in [7, 11) is 0. The van der Waals surface area contributed by atoms with Gasteiger partial charge in [-0.05, 0) is 16.7 Å². The van der Waals surface area contributed by atoms with Crippen LogP contribution in [0, 0.1) is 12.3 Å². The average molecular weight is 429 g/mol. The summed E-state index contributed by atoms with van der Waals surface area (Å²) < 4.78 is 24.7. The van der Waals surface area contributed by atoms with E-state index in [2.05, 4.69) is 5.92 Å². The SMILES string of the molecule is C#CC1O[C@H](COCc2ccccc2)[C@@H](OCc2ccccc2)[C@H]1OCc1ccccc1. The van der Waals surface area contributed by atoms with Crippen molar-refractivity contribution in [3.63, 3.8) is 0 Å². The average Bonchev–Trinajstić information content (AvgIpc) is 3.19. The zero-order chi connectivity index (χ0) is 22.0. The van der Waals surface area contributed by atoms with Gasteiger partial charge < -0.3 is 18.9 Å². The zero-order valence-corrected chi connectivity index (χ0v) is 18.0. The number of rotatable bonds is 10. The fourth-order valence-electron chi connectivity index (χ4n) is 3.78. The molecule has 1 fully saturated rings. The van der Waals surface area contributed by atoms with Gasteiger partial charge in [0.05, 0.1) is 26.4 Å². The van der Waals surface area contributed by atoms with Crippen LogP contribution in [0.2, 0.25) is 0 Å². The summed E-state index contributed by atoms with van der Waals surface area (Å²) in [6.07, 6.45) is 4.26. The van der Waals surface area contributed by atoms with Gasteiger partial charge in [0.15, 0.2) is 0 Å². The van der Waals surface area contributed by atoms with Crippen molar-refractivity contribution in [2.45, 2.75) is 44.2 Å². The van der Waals surface area contributed by atoms with Gasteiger partial charge in [-0.25, -0.2) is 0 Å². The van der Waals surface area contributed by atoms with Crippen LogP contribution in [0.5, 0.6) is 0 Å². The molecule has 3 aromatic rings. The second kappa shape index (κ2) is 11.6. The molecule has 0 N–H and O–H groups in total. The van der Waals surface area contributed by atoms with Crippen molar-refractivity contribution in [3.8, 4) is 12.3 Å². The predicted molar refractivity (Wildman–Crippen MR) is 124 cm³/mol. The Kier molecular flexibility index (Phi) is 8.08. The molecule has 1 saturated heterocycles. The number of hydrogen-bond donors (Lipinski definition) is 0. The Morgan fingerprint density at radius 1 is 0.656 bits per heavy atom. The Labute approximate surface area is 190 Å². The maximum Gasteiger partial charge on any atom is 0.147 e. The van der Waals surface area contributed by atoms with Gasteiger partial charge in [0.2, 0.25) is 0 Å². The smallest absolute Gasteiger partial charge is 0.147 e. The number of terminal acetylenes is 1. The number of hydrogen-bond acceptors (Lipinski definition) is 4. The lowest BCUT2D eigenvalue weighted by molar-refractivity contribution is -0.0896. The first kappa shape index (κ1) is 22.3. The summed E-state index contributed by atoms with van der Waals surface area (Å²) in [5.74, 6) is 2.73. The Balaban J connectivity index is 1.43. The molecule has 0 aromatic heterocycles.